The molecule has 0 bridgehead atoms. The molecule has 0 aliphatic rings. The van der Waals surface area contributed by atoms with Gasteiger partial charge in [-0.05, 0) is 29.7 Å². The molecule has 0 unspecified atom stereocenters. The lowest BCUT2D eigenvalue weighted by Gasteiger charge is -2.19. The van der Waals surface area contributed by atoms with Crippen LogP contribution in [0.4, 0.5) is 5.69 Å². The summed E-state index contributed by atoms with van der Waals surface area (Å²) in [6.07, 6.45) is 2.50. The van der Waals surface area contributed by atoms with Crippen molar-refractivity contribution in [2.24, 2.45) is 22.2 Å². The van der Waals surface area contributed by atoms with Crippen LogP contribution in [-0.2, 0) is 32.0 Å². The van der Waals surface area contributed by atoms with E-state index < -0.39 is 42.3 Å². The number of carbonyl (C=O) groups is 5. The molecule has 0 saturated carbocycles. The monoisotopic (exact) mass is 644 g/mol. The number of hydrogen-bond acceptors (Lipinski definition) is 7. The molecule has 3 aromatic rings. The van der Waals surface area contributed by atoms with Crippen LogP contribution in [0.25, 0.3) is 0 Å². The van der Waals surface area contributed by atoms with Gasteiger partial charge >= 0.3 is 0 Å². The van der Waals surface area contributed by atoms with Crippen molar-refractivity contribution in [3.05, 3.63) is 101 Å². The fourth-order valence-electron chi connectivity index (χ4n) is 4.25. The van der Waals surface area contributed by atoms with Crippen LogP contribution in [-0.4, -0.2) is 60.5 Å². The Hall–Kier alpha value is -5.72. The second kappa shape index (κ2) is 19.6. The highest BCUT2D eigenvalue weighted by atomic mass is 16.2. The van der Waals surface area contributed by atoms with Crippen LogP contribution in [0.1, 0.15) is 53.7 Å². The molecule has 13 heteroatoms. The van der Waals surface area contributed by atoms with E-state index in [9.17, 15) is 24.0 Å². The lowest BCUT2D eigenvalue weighted by molar-refractivity contribution is -0.130. The van der Waals surface area contributed by atoms with Crippen LogP contribution in [0, 0.1) is 0 Å². The Morgan fingerprint density at radius 2 is 1.30 bits per heavy atom. The largest absolute Gasteiger partial charge is 0.399 e. The van der Waals surface area contributed by atoms with Crippen LogP contribution in [0.15, 0.2) is 83.9 Å². The molecule has 0 aliphatic heterocycles. The average Bonchev–Trinajstić information content (AvgIpc) is 3.04. The molecule has 0 heterocycles. The van der Waals surface area contributed by atoms with Crippen LogP contribution < -0.4 is 38.9 Å². The first kappa shape index (κ1) is 37.5. The number of anilines is 1. The molecule has 0 aliphatic carbocycles. The summed E-state index contributed by atoms with van der Waals surface area (Å²) in [5.74, 6) is -2.29. The number of nitrogens with two attached hydrogens (primary N) is 4. The molecule has 250 valence electrons. The molecule has 0 saturated heterocycles. The van der Waals surface area contributed by atoms with Crippen molar-refractivity contribution in [2.45, 2.75) is 51.6 Å². The summed E-state index contributed by atoms with van der Waals surface area (Å²) in [6.45, 7) is 3.72. The smallest absolute Gasteiger partial charge is 0.243 e. The molecule has 2 atom stereocenters. The average molecular weight is 645 g/mol. The molecule has 0 radical (unpaired) electrons. The first-order chi connectivity index (χ1) is 22.4. The van der Waals surface area contributed by atoms with Crippen molar-refractivity contribution in [1.29, 1.82) is 0 Å². The second-order valence-electron chi connectivity index (χ2n) is 10.7. The molecule has 0 fully saturated rings. The summed E-state index contributed by atoms with van der Waals surface area (Å²) < 4.78 is 0. The highest BCUT2D eigenvalue weighted by Crippen LogP contribution is 2.13. The van der Waals surface area contributed by atoms with Crippen LogP contribution in [0.5, 0.6) is 0 Å². The fraction of sp³-hybridized carbons (Fsp3) is 0.294. The number of guanidine groups is 1. The number of nitrogens with one attached hydrogen (secondary N) is 3. The normalized spacial score (nSPS) is 11.4. The van der Waals surface area contributed by atoms with E-state index in [0.717, 1.165) is 24.9 Å². The lowest BCUT2D eigenvalue weighted by Crippen LogP contribution is -2.52. The minimum atomic E-state index is -0.985. The third-order valence-electron chi connectivity index (χ3n) is 6.71. The number of hydrogen-bond donors (Lipinski definition) is 7. The van der Waals surface area contributed by atoms with Gasteiger partial charge in [0, 0.05) is 43.1 Å². The number of benzene rings is 3. The Kier molecular flexibility index (Phi) is 15.6. The van der Waals surface area contributed by atoms with Crippen molar-refractivity contribution >= 4 is 41.1 Å². The van der Waals surface area contributed by atoms with Gasteiger partial charge in [0.1, 0.15) is 12.1 Å². The molecule has 0 aromatic heterocycles. The third kappa shape index (κ3) is 14.3. The Bertz CT molecular complexity index is 1510. The minimum absolute atomic E-state index is 0.130. The van der Waals surface area contributed by atoms with Gasteiger partial charge in [-0.2, -0.15) is 0 Å². The number of nitrogen functional groups attached to an aromatic ring is 1. The highest BCUT2D eigenvalue weighted by molar-refractivity contribution is 6.09. The van der Waals surface area contributed by atoms with Gasteiger partial charge in [-0.15, -0.1) is 0 Å². The molecule has 11 N–H and O–H groups in total. The minimum Gasteiger partial charge on any atom is -0.399 e. The Morgan fingerprint density at radius 3 is 1.83 bits per heavy atom. The maximum atomic E-state index is 12.8. The highest BCUT2D eigenvalue weighted by Gasteiger charge is 2.23. The third-order valence-corrected chi connectivity index (χ3v) is 6.71. The Balaban J connectivity index is 0.000000849. The Labute approximate surface area is 274 Å². The first-order valence-electron chi connectivity index (χ1n) is 15.1. The van der Waals surface area contributed by atoms with Crippen molar-refractivity contribution in [3.8, 4) is 0 Å². The van der Waals surface area contributed by atoms with Gasteiger partial charge in [-0.1, -0.05) is 80.1 Å². The fourth-order valence-corrected chi connectivity index (χ4v) is 4.25. The van der Waals surface area contributed by atoms with E-state index in [1.807, 2.05) is 6.07 Å². The molecule has 3 rings (SSSR count). The van der Waals surface area contributed by atoms with Crippen molar-refractivity contribution in [2.75, 3.05) is 18.8 Å². The number of rotatable bonds is 15. The summed E-state index contributed by atoms with van der Waals surface area (Å²) in [5, 5.41) is 7.58. The van der Waals surface area contributed by atoms with Gasteiger partial charge in [0.05, 0.1) is 6.54 Å². The van der Waals surface area contributed by atoms with E-state index in [1.54, 1.807) is 72.8 Å². The van der Waals surface area contributed by atoms with Gasteiger partial charge in [-0.3, -0.25) is 29.0 Å². The van der Waals surface area contributed by atoms with Crippen molar-refractivity contribution in [3.63, 3.8) is 0 Å². The number of nitrogens with zero attached hydrogens (tertiary/aromatic N) is 1. The predicted octanol–water partition coefficient (Wildman–Crippen LogP) is 0.936. The summed E-state index contributed by atoms with van der Waals surface area (Å²) in [4.78, 5) is 65.3. The van der Waals surface area contributed by atoms with Crippen LogP contribution in [0.2, 0.25) is 0 Å². The number of aliphatic imine (C=N–C) groups is 1. The number of carbonyl (C=O) groups excluding carboxylic acids is 5. The van der Waals surface area contributed by atoms with Gasteiger partial charge in [0.25, 0.3) is 0 Å². The number of ketones is 1. The number of unbranched alkanes of at least 4 members (excludes halogenated alkanes) is 1. The summed E-state index contributed by atoms with van der Waals surface area (Å²) in [6, 6.07) is 20.4. The van der Waals surface area contributed by atoms with Crippen molar-refractivity contribution in [1.82, 2.24) is 16.0 Å². The standard InChI is InChI=1S/C29H31N5O5.C5H13N3/c1-18(35)33-25(16-19-7-11-22(12-8-19)27(37)21-5-3-2-4-6-21)29(39)32-17-26(36)34-24(28(31)38)15-20-9-13-23(30)14-10-20;1-2-3-4-8-5(6)7/h2-14,24-25H,15-17,30H2,1H3,(H2,31,38)(H,32,39)(H,33,35)(H,34,36);2-4H2,1H3,(H4,6,7,8)/t24-,25-;/m0./s1. The molecular weight excluding hydrogens is 600 g/mol. The van der Waals surface area contributed by atoms with E-state index in [0.29, 0.717) is 22.4 Å². The molecule has 3 aromatic carbocycles. The lowest BCUT2D eigenvalue weighted by atomic mass is 9.99. The molecule has 13 nitrogen and oxygen atoms in total. The van der Waals surface area contributed by atoms with Crippen LogP contribution in [0.3, 0.4) is 0 Å². The van der Waals surface area contributed by atoms with Crippen LogP contribution >= 0.6 is 0 Å². The maximum absolute atomic E-state index is 12.8. The Morgan fingerprint density at radius 1 is 0.745 bits per heavy atom. The topological polar surface area (TPSA) is 238 Å². The van der Waals surface area contributed by atoms with E-state index in [-0.39, 0.29) is 24.6 Å². The quantitative estimate of drug-likeness (QED) is 0.0412. The van der Waals surface area contributed by atoms with Gasteiger partial charge < -0.3 is 38.9 Å². The molecule has 0 spiro atoms. The molecule has 47 heavy (non-hydrogen) atoms. The zero-order valence-corrected chi connectivity index (χ0v) is 26.7. The van der Waals surface area contributed by atoms with E-state index in [4.69, 9.17) is 22.9 Å². The zero-order chi connectivity index (χ0) is 34.8. The van der Waals surface area contributed by atoms with Gasteiger partial charge in [0.15, 0.2) is 11.7 Å². The SMILES string of the molecule is CC(=O)N[C@@H](Cc1ccc(C(=O)c2ccccc2)cc1)C(=O)NCC(=O)N[C@@H](Cc1ccc(N)cc1)C(N)=O.CCCCN=C(N)N. The maximum Gasteiger partial charge on any atom is 0.243 e. The second-order valence-corrected chi connectivity index (χ2v) is 10.7. The van der Waals surface area contributed by atoms with Gasteiger partial charge in [0.2, 0.25) is 23.6 Å². The number of primary amides is 1. The summed E-state index contributed by atoms with van der Waals surface area (Å²) in [5.41, 5.74) is 24.3. The van der Waals surface area contributed by atoms with E-state index >= 15 is 0 Å². The first-order valence-corrected chi connectivity index (χ1v) is 15.1. The van der Waals surface area contributed by atoms with Gasteiger partial charge in [-0.25, -0.2) is 0 Å². The number of amides is 4. The summed E-state index contributed by atoms with van der Waals surface area (Å²) in [7, 11) is 0. The van der Waals surface area contributed by atoms with Crippen molar-refractivity contribution < 1.29 is 24.0 Å². The van der Waals surface area contributed by atoms with E-state index in [1.165, 1.54) is 6.92 Å². The molecule has 4 amide bonds. The van der Waals surface area contributed by atoms with E-state index in [2.05, 4.69) is 27.9 Å². The predicted molar refractivity (Wildman–Crippen MR) is 182 cm³/mol. The molecular formula is C34H44N8O5. The summed E-state index contributed by atoms with van der Waals surface area (Å²) >= 11 is 0. The zero-order valence-electron chi connectivity index (χ0n) is 26.7.